The highest BCUT2D eigenvalue weighted by Gasteiger charge is 2.41. The van der Waals surface area contributed by atoms with Crippen LogP contribution >= 0.6 is 0 Å². The Hall–Kier alpha value is -4.10. The van der Waals surface area contributed by atoms with Gasteiger partial charge in [-0.3, -0.25) is 0 Å². The van der Waals surface area contributed by atoms with Crippen LogP contribution in [0.5, 0.6) is 5.88 Å². The molecule has 1 aliphatic rings. The van der Waals surface area contributed by atoms with Crippen LogP contribution in [0.4, 0.5) is 10.3 Å². The number of halogens is 1. The van der Waals surface area contributed by atoms with Gasteiger partial charge in [-0.15, -0.1) is 0 Å². The maximum absolute atomic E-state index is 14.5. The van der Waals surface area contributed by atoms with Gasteiger partial charge in [0.2, 0.25) is 11.8 Å². The summed E-state index contributed by atoms with van der Waals surface area (Å²) in [4.78, 5) is 31.7. The summed E-state index contributed by atoms with van der Waals surface area (Å²) >= 11 is 0. The van der Waals surface area contributed by atoms with Gasteiger partial charge in [0.1, 0.15) is 18.5 Å². The largest absolute Gasteiger partial charge is 0.481 e. The minimum absolute atomic E-state index is 0.0873. The molecule has 0 unspecified atom stereocenters. The number of aromatic nitrogens is 3. The van der Waals surface area contributed by atoms with Crippen LogP contribution in [0.3, 0.4) is 0 Å². The van der Waals surface area contributed by atoms with Crippen molar-refractivity contribution in [1.29, 1.82) is 0 Å². The van der Waals surface area contributed by atoms with Gasteiger partial charge in [0, 0.05) is 24.5 Å². The lowest BCUT2D eigenvalue weighted by Crippen LogP contribution is -2.46. The van der Waals surface area contributed by atoms with E-state index in [1.54, 1.807) is 24.3 Å². The van der Waals surface area contributed by atoms with Crippen LogP contribution in [0.2, 0.25) is 18.1 Å². The quantitative estimate of drug-likeness (QED) is 0.135. The van der Waals surface area contributed by atoms with Gasteiger partial charge in [0.05, 0.1) is 42.9 Å². The number of hydrogen-bond donors (Lipinski definition) is 2. The molecule has 0 aliphatic carbocycles. The minimum atomic E-state index is -2.26. The number of methoxy groups -OCH3 is 2. The van der Waals surface area contributed by atoms with Gasteiger partial charge in [-0.05, 0) is 48.8 Å². The molecule has 0 bridgehead atoms. The van der Waals surface area contributed by atoms with E-state index in [-0.39, 0.29) is 30.1 Å². The summed E-state index contributed by atoms with van der Waals surface area (Å²) in [5, 5.41) is 7.76. The van der Waals surface area contributed by atoms with Crippen molar-refractivity contribution in [2.24, 2.45) is 5.16 Å². The van der Waals surface area contributed by atoms with Crippen LogP contribution in [-0.4, -0.2) is 62.0 Å². The van der Waals surface area contributed by atoms with Gasteiger partial charge in [-0.2, -0.15) is 0 Å². The number of oxime groups is 1. The van der Waals surface area contributed by atoms with E-state index in [9.17, 15) is 9.18 Å². The first-order valence-electron chi connectivity index (χ1n) is 14.4. The molecule has 3 heterocycles. The molecule has 0 saturated carbocycles. The summed E-state index contributed by atoms with van der Waals surface area (Å²) in [5.74, 6) is 0.0859. The third kappa shape index (κ3) is 7.33. The van der Waals surface area contributed by atoms with Crippen molar-refractivity contribution in [3.8, 4) is 17.1 Å². The van der Waals surface area contributed by atoms with Crippen molar-refractivity contribution in [1.82, 2.24) is 20.3 Å². The van der Waals surface area contributed by atoms with Crippen LogP contribution in [-0.2, 0) is 25.2 Å². The van der Waals surface area contributed by atoms with E-state index in [1.165, 1.54) is 26.4 Å². The molecule has 0 spiro atoms. The number of ether oxygens (including phenoxy) is 2. The summed E-state index contributed by atoms with van der Waals surface area (Å²) < 4.78 is 31.2. The minimum Gasteiger partial charge on any atom is -0.481 e. The first-order chi connectivity index (χ1) is 20.7. The molecule has 0 fully saturated rings. The number of carbonyl (C=O) groups is 1. The van der Waals surface area contributed by atoms with Crippen molar-refractivity contribution in [3.63, 3.8) is 0 Å². The van der Waals surface area contributed by atoms with Gasteiger partial charge >= 0.3 is 5.97 Å². The number of aryl methyl sites for hydroxylation is 1. The van der Waals surface area contributed by atoms with Crippen LogP contribution in [0, 0.1) is 12.7 Å². The first kappa shape index (κ1) is 32.8. The van der Waals surface area contributed by atoms with Crippen molar-refractivity contribution < 1.29 is 27.9 Å². The average molecular weight is 625 g/mol. The van der Waals surface area contributed by atoms with Crippen LogP contribution in [0.25, 0.3) is 11.3 Å². The number of nitrogens with two attached hydrogens (primary N) is 1. The number of rotatable bonds is 10. The second kappa shape index (κ2) is 13.3. The maximum atomic E-state index is 14.5. The zero-order valence-corrected chi connectivity index (χ0v) is 27.5. The van der Waals surface area contributed by atoms with E-state index in [0.717, 1.165) is 5.56 Å². The Bertz CT molecular complexity index is 1540. The number of nitrogen functional groups attached to an aromatic ring is 1. The molecule has 2 atom stereocenters. The van der Waals surface area contributed by atoms with Gasteiger partial charge in [0.25, 0.3) is 0 Å². The molecule has 0 radical (unpaired) electrons. The molecule has 2 aromatic heterocycles. The number of carbonyl (C=O) groups excluding carboxylic acids is 1. The predicted molar refractivity (Wildman–Crippen MR) is 168 cm³/mol. The summed E-state index contributed by atoms with van der Waals surface area (Å²) in [5.41, 5.74) is 9.90. The smallest absolute Gasteiger partial charge is 0.333 e. The molecule has 0 amide bonds. The molecule has 44 heavy (non-hydrogen) atoms. The van der Waals surface area contributed by atoms with E-state index >= 15 is 0 Å². The lowest BCUT2D eigenvalue weighted by Gasteiger charge is -2.38. The summed E-state index contributed by atoms with van der Waals surface area (Å²) in [6.45, 7) is 12.4. The fourth-order valence-corrected chi connectivity index (χ4v) is 6.02. The number of esters is 1. The third-order valence-electron chi connectivity index (χ3n) is 8.06. The van der Waals surface area contributed by atoms with E-state index in [0.29, 0.717) is 46.3 Å². The Labute approximate surface area is 258 Å². The number of benzene rings is 1. The van der Waals surface area contributed by atoms with Gasteiger partial charge in [-0.1, -0.05) is 38.1 Å². The summed E-state index contributed by atoms with van der Waals surface area (Å²) in [6, 6.07) is 9.49. The topological polar surface area (TPSA) is 143 Å². The van der Waals surface area contributed by atoms with Gasteiger partial charge in [0.15, 0.2) is 14.2 Å². The molecule has 3 N–H and O–H groups in total. The Balaban J connectivity index is 1.64. The number of anilines is 1. The lowest BCUT2D eigenvalue weighted by atomic mass is 9.90. The number of fused-ring (bicyclic) bond motifs is 1. The van der Waals surface area contributed by atoms with Crippen molar-refractivity contribution in [3.05, 3.63) is 64.7 Å². The van der Waals surface area contributed by atoms with Crippen molar-refractivity contribution in [2.45, 2.75) is 70.8 Å². The number of hydrogen-bond acceptors (Lipinski definition) is 10. The molecule has 11 nitrogen and oxygen atoms in total. The molecular weight excluding hydrogens is 583 g/mol. The normalized spacial score (nSPS) is 16.6. The maximum Gasteiger partial charge on any atom is 0.333 e. The monoisotopic (exact) mass is 624 g/mol. The highest BCUT2D eigenvalue weighted by atomic mass is 28.4. The van der Waals surface area contributed by atoms with Crippen LogP contribution < -0.4 is 15.8 Å². The second-order valence-electron chi connectivity index (χ2n) is 12.1. The zero-order chi connectivity index (χ0) is 32.2. The third-order valence-corrected chi connectivity index (χ3v) is 12.5. The Kier molecular flexibility index (Phi) is 9.89. The number of pyridine rings is 1. The predicted octanol–water partition coefficient (Wildman–Crippen LogP) is 5.10. The Morgan fingerprint density at radius 3 is 2.61 bits per heavy atom. The Morgan fingerprint density at radius 1 is 1.18 bits per heavy atom. The fraction of sp³-hybridized carbons (Fsp3) is 0.452. The standard InChI is InChI=1S/C31H41FN6O5Si/c1-18-27-24(37-30(33)34-18)17-23(20-13-12-19(32)16-21(20)22-10-9-11-26(35-22)40-5)36-28(27)38-42-15-14-25(29(39)41-6)43-44(7,8)31(2,3)4/h9-13,16,23,25H,14-15,17H2,1-8H3,(H,36,38)(H2,33,34,37)/t23-,25+/m1/s1. The zero-order valence-electron chi connectivity index (χ0n) is 26.5. The lowest BCUT2D eigenvalue weighted by molar-refractivity contribution is -0.150. The van der Waals surface area contributed by atoms with E-state index in [1.807, 2.05) is 6.92 Å². The van der Waals surface area contributed by atoms with Crippen molar-refractivity contribution in [2.75, 3.05) is 26.6 Å². The van der Waals surface area contributed by atoms with Gasteiger partial charge < -0.3 is 29.8 Å². The summed E-state index contributed by atoms with van der Waals surface area (Å²) in [6.07, 6.45) is -0.120. The molecule has 0 saturated heterocycles. The molecule has 4 rings (SSSR count). The van der Waals surface area contributed by atoms with Crippen LogP contribution in [0.15, 0.2) is 41.6 Å². The molecular formula is C31H41FN6O5Si. The van der Waals surface area contributed by atoms with Gasteiger partial charge in [-0.25, -0.2) is 24.1 Å². The second-order valence-corrected chi connectivity index (χ2v) is 16.9. The highest BCUT2D eigenvalue weighted by Crippen LogP contribution is 2.38. The SMILES string of the molecule is COC(=O)[C@H](CCO/N=C1\N[C@@H](c2ccc(F)cc2-c2cccc(OC)n2)Cc2nc(N)nc(C)c21)O[Si](C)(C)C(C)(C)C. The van der Waals surface area contributed by atoms with Crippen LogP contribution in [0.1, 0.15) is 55.7 Å². The summed E-state index contributed by atoms with van der Waals surface area (Å²) in [7, 11) is 0.606. The van der Waals surface area contributed by atoms with Crippen molar-refractivity contribution >= 4 is 26.1 Å². The van der Waals surface area contributed by atoms with E-state index in [2.05, 4.69) is 59.3 Å². The molecule has 13 heteroatoms. The van der Waals surface area contributed by atoms with E-state index in [4.69, 9.17) is 24.5 Å². The Morgan fingerprint density at radius 2 is 1.93 bits per heavy atom. The van der Waals surface area contributed by atoms with E-state index < -0.39 is 26.2 Å². The fourth-order valence-electron chi connectivity index (χ4n) is 4.74. The molecule has 236 valence electrons. The average Bonchev–Trinajstić information content (AvgIpc) is 2.97. The molecule has 1 aliphatic heterocycles. The number of nitrogens with one attached hydrogen (secondary N) is 1. The first-order valence-corrected chi connectivity index (χ1v) is 17.3. The number of nitrogens with zero attached hydrogens (tertiary/aromatic N) is 4. The highest BCUT2D eigenvalue weighted by molar-refractivity contribution is 6.74. The number of amidine groups is 1. The molecule has 1 aromatic carbocycles. The molecule has 3 aromatic rings.